The van der Waals surface area contributed by atoms with E-state index in [1.54, 1.807) is 0 Å². The van der Waals surface area contributed by atoms with E-state index in [-0.39, 0.29) is 13.0 Å². The van der Waals surface area contributed by atoms with Crippen LogP contribution in [0.5, 0.6) is 0 Å². The molecule has 1 fully saturated rings. The molecule has 66 heavy (non-hydrogen) atoms. The highest BCUT2D eigenvalue weighted by Gasteiger charge is 2.51. The molecule has 0 saturated heterocycles. The Labute approximate surface area is 397 Å². The lowest BCUT2D eigenvalue weighted by atomic mass is 9.85. The van der Waals surface area contributed by atoms with Crippen molar-refractivity contribution in [3.63, 3.8) is 0 Å². The first-order valence-electron chi connectivity index (χ1n) is 24.7. The average Bonchev–Trinajstić information content (AvgIpc) is 3.30. The number of aliphatic hydroxyl groups is 5. The Hall–Kier alpha value is -3.00. The monoisotopic (exact) mass is 947 g/mol. The van der Waals surface area contributed by atoms with Crippen molar-refractivity contribution in [1.29, 1.82) is 0 Å². The lowest BCUT2D eigenvalue weighted by molar-refractivity contribution is -0.220. The van der Waals surface area contributed by atoms with Crippen LogP contribution in [0.4, 0.5) is 0 Å². The third-order valence-corrected chi connectivity index (χ3v) is 11.6. The number of hydrogen-bond acceptors (Lipinski definition) is 11. The van der Waals surface area contributed by atoms with E-state index in [4.69, 9.17) is 18.5 Å². The maximum absolute atomic E-state index is 12.8. The first-order chi connectivity index (χ1) is 32.0. The van der Waals surface area contributed by atoms with E-state index < -0.39 is 63.1 Å². The predicted molar refractivity (Wildman–Crippen MR) is 267 cm³/mol. The van der Waals surface area contributed by atoms with Crippen LogP contribution < -0.4 is 0 Å². The molecule has 6 atom stereocenters. The van der Waals surface area contributed by atoms with Crippen LogP contribution in [0, 0.1) is 0 Å². The minimum Gasteiger partial charge on any atom is -0.457 e. The first kappa shape index (κ1) is 61.0. The van der Waals surface area contributed by atoms with Gasteiger partial charge < -0.3 is 39.9 Å². The number of aliphatic hydroxyl groups excluding tert-OH is 5. The van der Waals surface area contributed by atoms with Gasteiger partial charge in [-0.2, -0.15) is 0 Å². The highest BCUT2D eigenvalue weighted by atomic mass is 31.2. The van der Waals surface area contributed by atoms with Crippen LogP contribution in [-0.2, 0) is 27.9 Å². The molecule has 13 heteroatoms. The maximum atomic E-state index is 12.8. The summed E-state index contributed by atoms with van der Waals surface area (Å²) >= 11 is 0. The summed E-state index contributed by atoms with van der Waals surface area (Å²) in [6, 6.07) is 0. The first-order valence-corrected chi connectivity index (χ1v) is 26.2. The zero-order valence-electron chi connectivity index (χ0n) is 40.2. The van der Waals surface area contributed by atoms with E-state index in [0.717, 1.165) is 128 Å². The van der Waals surface area contributed by atoms with Gasteiger partial charge in [-0.1, -0.05) is 162 Å². The van der Waals surface area contributed by atoms with Crippen LogP contribution in [0.25, 0.3) is 0 Å². The van der Waals surface area contributed by atoms with Crippen LogP contribution in [0.15, 0.2) is 109 Å². The molecule has 6 N–H and O–H groups in total. The number of allylic oxidation sites excluding steroid dienone is 18. The maximum Gasteiger partial charge on any atom is 0.472 e. The van der Waals surface area contributed by atoms with Crippen LogP contribution in [0.2, 0.25) is 0 Å². The van der Waals surface area contributed by atoms with E-state index in [1.807, 2.05) is 0 Å². The quantitative estimate of drug-likeness (QED) is 0.0148. The summed E-state index contributed by atoms with van der Waals surface area (Å²) in [6.45, 7) is 3.93. The molecular weight excluding hydrogens is 860 g/mol. The number of esters is 1. The van der Waals surface area contributed by atoms with Gasteiger partial charge in [0.25, 0.3) is 0 Å². The Bertz CT molecular complexity index is 1500. The summed E-state index contributed by atoms with van der Waals surface area (Å²) in [5.74, 6) is -0.505. The summed E-state index contributed by atoms with van der Waals surface area (Å²) in [6.07, 6.45) is 47.2. The third kappa shape index (κ3) is 33.5. The second kappa shape index (κ2) is 42.1. The fraction of sp³-hybridized carbons (Fsp3) is 0.642. The summed E-state index contributed by atoms with van der Waals surface area (Å²) in [7, 11) is -5.04. The number of carbonyl (C=O) groups is 1. The molecule has 6 unspecified atom stereocenters. The van der Waals surface area contributed by atoms with E-state index in [1.165, 1.54) is 0 Å². The van der Waals surface area contributed by atoms with Crippen molar-refractivity contribution in [2.24, 2.45) is 0 Å². The van der Waals surface area contributed by atoms with Crippen molar-refractivity contribution < 1.29 is 58.3 Å². The van der Waals surface area contributed by atoms with Crippen LogP contribution >= 0.6 is 7.82 Å². The standard InChI is InChI=1S/C53H87O12P/c1-3-5-7-9-11-13-15-17-19-21-22-23-24-25-26-27-28-30-32-34-36-38-40-42-47(54)64-46(45-63-66(60,61)65-53-51(58)49(56)48(55)50(57)52(53)59)44-62-43-41-39-37-35-33-31-29-20-18-16-14-12-10-8-6-4-2/h5-8,11-14,17-20,22-23,25-26,31,33,46,48-53,55-59H,3-4,9-10,15-16,21,24,27-30,32,34-45H2,1-2H3,(H,60,61)/b7-5-,8-6-,13-11-,14-12-,19-17-,20-18-,23-22-,26-25-,33-31-. The van der Waals surface area contributed by atoms with E-state index in [9.17, 15) is 39.8 Å². The molecule has 0 aromatic rings. The van der Waals surface area contributed by atoms with Crippen LogP contribution in [-0.4, -0.2) is 98.9 Å². The summed E-state index contributed by atoms with van der Waals surface area (Å²) in [5.41, 5.74) is 0. The van der Waals surface area contributed by atoms with Crippen molar-refractivity contribution >= 4 is 13.8 Å². The van der Waals surface area contributed by atoms with Crippen LogP contribution in [0.3, 0.4) is 0 Å². The highest BCUT2D eigenvalue weighted by Crippen LogP contribution is 2.47. The Balaban J connectivity index is 2.39. The number of hydrogen-bond donors (Lipinski definition) is 6. The molecule has 0 heterocycles. The Morgan fingerprint density at radius 2 is 0.848 bits per heavy atom. The van der Waals surface area contributed by atoms with E-state index >= 15 is 0 Å². The highest BCUT2D eigenvalue weighted by molar-refractivity contribution is 7.47. The molecular formula is C53H87O12P. The van der Waals surface area contributed by atoms with E-state index in [2.05, 4.69) is 123 Å². The molecule has 1 saturated carbocycles. The van der Waals surface area contributed by atoms with E-state index in [0.29, 0.717) is 13.0 Å². The SMILES string of the molecule is CC/C=C\C/C=C\C/C=C\C/C=C\C/C=C\CCCCCCCCCC(=O)OC(COCCCCC/C=C\C/C=C\C/C=C\C/C=C\CC)COP(=O)(O)OC1C(O)C(O)C(O)C(O)C1O. The lowest BCUT2D eigenvalue weighted by Gasteiger charge is -2.41. The van der Waals surface area contributed by atoms with Crippen molar-refractivity contribution in [1.82, 2.24) is 0 Å². The van der Waals surface area contributed by atoms with Crippen molar-refractivity contribution in [2.75, 3.05) is 19.8 Å². The smallest absolute Gasteiger partial charge is 0.457 e. The molecule has 1 aliphatic carbocycles. The van der Waals surface area contributed by atoms with Crippen molar-refractivity contribution in [3.05, 3.63) is 109 Å². The number of phosphoric acid groups is 1. The minimum absolute atomic E-state index is 0.111. The fourth-order valence-corrected chi connectivity index (χ4v) is 7.76. The molecule has 12 nitrogen and oxygen atoms in total. The lowest BCUT2D eigenvalue weighted by Crippen LogP contribution is -2.64. The van der Waals surface area contributed by atoms with Gasteiger partial charge in [0, 0.05) is 13.0 Å². The largest absolute Gasteiger partial charge is 0.472 e. The molecule has 1 aliphatic rings. The Morgan fingerprint density at radius 1 is 0.485 bits per heavy atom. The second-order valence-electron chi connectivity index (χ2n) is 16.5. The Morgan fingerprint density at radius 3 is 1.29 bits per heavy atom. The second-order valence-corrected chi connectivity index (χ2v) is 18.0. The van der Waals surface area contributed by atoms with Gasteiger partial charge in [0.15, 0.2) is 0 Å². The molecule has 0 aromatic heterocycles. The number of phosphoric ester groups is 1. The topological polar surface area (TPSA) is 192 Å². The molecule has 0 radical (unpaired) electrons. The molecule has 1 rings (SSSR count). The zero-order chi connectivity index (χ0) is 48.4. The predicted octanol–water partition coefficient (Wildman–Crippen LogP) is 10.9. The van der Waals surface area contributed by atoms with Crippen molar-refractivity contribution in [2.45, 2.75) is 198 Å². The third-order valence-electron chi connectivity index (χ3n) is 10.6. The summed E-state index contributed by atoms with van der Waals surface area (Å²) in [4.78, 5) is 23.2. The molecule has 0 amide bonds. The van der Waals surface area contributed by atoms with Gasteiger partial charge in [-0.05, 0) is 96.3 Å². The van der Waals surface area contributed by atoms with Gasteiger partial charge in [0.05, 0.1) is 13.2 Å². The molecule has 0 spiro atoms. The van der Waals surface area contributed by atoms with Gasteiger partial charge in [0.2, 0.25) is 0 Å². The normalized spacial score (nSPS) is 22.4. The zero-order valence-corrected chi connectivity index (χ0v) is 41.1. The molecule has 0 bridgehead atoms. The molecule has 0 aromatic carbocycles. The number of rotatable bonds is 40. The fourth-order valence-electron chi connectivity index (χ4n) is 6.78. The van der Waals surface area contributed by atoms with Gasteiger partial charge >= 0.3 is 13.8 Å². The summed E-state index contributed by atoms with van der Waals surface area (Å²) in [5, 5.41) is 50.3. The number of carbonyl (C=O) groups excluding carboxylic acids is 1. The van der Waals surface area contributed by atoms with Crippen LogP contribution in [0.1, 0.15) is 155 Å². The molecule has 0 aliphatic heterocycles. The van der Waals surface area contributed by atoms with Gasteiger partial charge in [-0.25, -0.2) is 4.57 Å². The number of unbranched alkanes of at least 4 members (excludes halogenated alkanes) is 10. The minimum atomic E-state index is -5.04. The van der Waals surface area contributed by atoms with Gasteiger partial charge in [-0.3, -0.25) is 13.8 Å². The number of ether oxygens (including phenoxy) is 2. The Kier molecular flexibility index (Phi) is 38.9. The van der Waals surface area contributed by atoms with Gasteiger partial charge in [0.1, 0.15) is 42.7 Å². The van der Waals surface area contributed by atoms with Gasteiger partial charge in [-0.15, -0.1) is 0 Å². The van der Waals surface area contributed by atoms with Crippen molar-refractivity contribution in [3.8, 4) is 0 Å². The molecule has 376 valence electrons. The summed E-state index contributed by atoms with van der Waals surface area (Å²) < 4.78 is 34.2. The average molecular weight is 947 g/mol.